The molecule has 0 aliphatic heterocycles. The summed E-state index contributed by atoms with van der Waals surface area (Å²) in [4.78, 5) is 10.5. The summed E-state index contributed by atoms with van der Waals surface area (Å²) in [5, 5.41) is 5.26. The highest BCUT2D eigenvalue weighted by molar-refractivity contribution is 5.73. The molecule has 2 amide bonds. The van der Waals surface area contributed by atoms with Crippen molar-refractivity contribution in [3.63, 3.8) is 0 Å². The molecular formula is C13H19N5O. The molecule has 0 aromatic heterocycles. The van der Waals surface area contributed by atoms with Gasteiger partial charge in [0.2, 0.25) is 0 Å². The monoisotopic (exact) mass is 261 g/mol. The van der Waals surface area contributed by atoms with E-state index in [0.29, 0.717) is 12.4 Å². The molecule has 0 aliphatic rings. The standard InChI is InChI=1S/C13H19N5O/c14-11(6-7-12(15)18-13(16)19)17-9-8-10-4-2-1-3-5-10/h1-7,17H,8-9,14-15H2,(H3,16,18,19)/b11-6+,12-7+. The van der Waals surface area contributed by atoms with Crippen LogP contribution in [0.4, 0.5) is 4.79 Å². The van der Waals surface area contributed by atoms with Gasteiger partial charge in [0, 0.05) is 6.54 Å². The molecule has 0 atom stereocenters. The number of nitrogens with two attached hydrogens (primary N) is 3. The summed E-state index contributed by atoms with van der Waals surface area (Å²) < 4.78 is 0. The van der Waals surface area contributed by atoms with Gasteiger partial charge in [0.1, 0.15) is 5.82 Å². The van der Waals surface area contributed by atoms with Crippen LogP contribution in [0.15, 0.2) is 54.1 Å². The largest absolute Gasteiger partial charge is 0.386 e. The molecule has 8 N–H and O–H groups in total. The number of hydrogen-bond donors (Lipinski definition) is 5. The zero-order valence-electron chi connectivity index (χ0n) is 10.6. The molecule has 1 rings (SSSR count). The maximum absolute atomic E-state index is 10.5. The van der Waals surface area contributed by atoms with E-state index >= 15 is 0 Å². The van der Waals surface area contributed by atoms with Crippen LogP contribution in [0.2, 0.25) is 0 Å². The third-order valence-electron chi connectivity index (χ3n) is 2.30. The van der Waals surface area contributed by atoms with E-state index < -0.39 is 6.03 Å². The highest BCUT2D eigenvalue weighted by Gasteiger charge is 1.94. The zero-order chi connectivity index (χ0) is 14.1. The van der Waals surface area contributed by atoms with Crippen molar-refractivity contribution in [1.82, 2.24) is 10.6 Å². The molecule has 1 aromatic rings. The van der Waals surface area contributed by atoms with Crippen LogP contribution >= 0.6 is 0 Å². The summed E-state index contributed by atoms with van der Waals surface area (Å²) >= 11 is 0. The lowest BCUT2D eigenvalue weighted by Gasteiger charge is -2.06. The van der Waals surface area contributed by atoms with Gasteiger partial charge in [-0.15, -0.1) is 0 Å². The first kappa shape index (κ1) is 14.4. The van der Waals surface area contributed by atoms with Gasteiger partial charge in [0.25, 0.3) is 0 Å². The summed E-state index contributed by atoms with van der Waals surface area (Å²) in [6, 6.07) is 9.36. The van der Waals surface area contributed by atoms with E-state index in [1.54, 1.807) is 6.08 Å². The maximum Gasteiger partial charge on any atom is 0.317 e. The Balaban J connectivity index is 2.34. The third-order valence-corrected chi connectivity index (χ3v) is 2.30. The van der Waals surface area contributed by atoms with Gasteiger partial charge in [-0.25, -0.2) is 4.79 Å². The van der Waals surface area contributed by atoms with Crippen LogP contribution in [-0.2, 0) is 6.42 Å². The Morgan fingerprint density at radius 2 is 1.68 bits per heavy atom. The van der Waals surface area contributed by atoms with Gasteiger partial charge in [0.05, 0.1) is 5.82 Å². The molecule has 0 saturated carbocycles. The van der Waals surface area contributed by atoms with Gasteiger partial charge in [0.15, 0.2) is 0 Å². The van der Waals surface area contributed by atoms with Gasteiger partial charge in [-0.3, -0.25) is 5.32 Å². The number of hydrogen-bond acceptors (Lipinski definition) is 4. The number of amides is 2. The first-order valence-electron chi connectivity index (χ1n) is 5.85. The van der Waals surface area contributed by atoms with E-state index in [1.165, 1.54) is 11.6 Å². The average Bonchev–Trinajstić information content (AvgIpc) is 2.37. The van der Waals surface area contributed by atoms with Gasteiger partial charge in [-0.2, -0.15) is 0 Å². The van der Waals surface area contributed by atoms with Crippen LogP contribution in [0.25, 0.3) is 0 Å². The Hall–Kier alpha value is -2.63. The lowest BCUT2D eigenvalue weighted by atomic mass is 10.1. The number of primary amides is 1. The van der Waals surface area contributed by atoms with Gasteiger partial charge >= 0.3 is 6.03 Å². The van der Waals surface area contributed by atoms with E-state index in [0.717, 1.165) is 6.42 Å². The molecule has 6 heteroatoms. The smallest absolute Gasteiger partial charge is 0.317 e. The highest BCUT2D eigenvalue weighted by atomic mass is 16.2. The van der Waals surface area contributed by atoms with Crippen molar-refractivity contribution >= 4 is 6.03 Å². The maximum atomic E-state index is 10.5. The SMILES string of the molecule is NC(=O)N/C(N)=C/C=C(\N)NCCc1ccccc1. The fourth-order valence-corrected chi connectivity index (χ4v) is 1.42. The molecule has 102 valence electrons. The minimum absolute atomic E-state index is 0.139. The zero-order valence-corrected chi connectivity index (χ0v) is 10.6. The van der Waals surface area contributed by atoms with Gasteiger partial charge < -0.3 is 22.5 Å². The molecular weight excluding hydrogens is 242 g/mol. The van der Waals surface area contributed by atoms with Crippen LogP contribution in [0.3, 0.4) is 0 Å². The Morgan fingerprint density at radius 1 is 1.05 bits per heavy atom. The van der Waals surface area contributed by atoms with Gasteiger partial charge in [-0.1, -0.05) is 30.3 Å². The second-order valence-electron chi connectivity index (χ2n) is 3.90. The Labute approximate surface area is 112 Å². The Bertz CT molecular complexity index is 467. The summed E-state index contributed by atoms with van der Waals surface area (Å²) in [6.45, 7) is 0.712. The Morgan fingerprint density at radius 3 is 2.32 bits per heavy atom. The predicted molar refractivity (Wildman–Crippen MR) is 75.4 cm³/mol. The molecule has 1 aromatic carbocycles. The van der Waals surface area contributed by atoms with Crippen molar-refractivity contribution in [1.29, 1.82) is 0 Å². The molecule has 0 bridgehead atoms. The van der Waals surface area contributed by atoms with Crippen molar-refractivity contribution < 1.29 is 4.79 Å². The van der Waals surface area contributed by atoms with Gasteiger partial charge in [-0.05, 0) is 24.1 Å². The molecule has 0 spiro atoms. The highest BCUT2D eigenvalue weighted by Crippen LogP contribution is 1.98. The van der Waals surface area contributed by atoms with Crippen LogP contribution in [0, 0.1) is 0 Å². The lowest BCUT2D eigenvalue weighted by Crippen LogP contribution is -2.32. The van der Waals surface area contributed by atoms with Crippen molar-refractivity contribution in [2.75, 3.05) is 6.54 Å². The van der Waals surface area contributed by atoms with Crippen LogP contribution < -0.4 is 27.8 Å². The van der Waals surface area contributed by atoms with Crippen molar-refractivity contribution in [3.05, 3.63) is 59.7 Å². The summed E-state index contributed by atoms with van der Waals surface area (Å²) in [5.74, 6) is 0.602. The Kier molecular flexibility index (Phi) is 5.81. The fraction of sp³-hybridized carbons (Fsp3) is 0.154. The lowest BCUT2D eigenvalue weighted by molar-refractivity contribution is 0.251. The first-order valence-corrected chi connectivity index (χ1v) is 5.85. The van der Waals surface area contributed by atoms with E-state index in [1.807, 2.05) is 18.2 Å². The molecule has 0 saturated heterocycles. The average molecular weight is 261 g/mol. The quantitative estimate of drug-likeness (QED) is 0.466. The fourth-order valence-electron chi connectivity index (χ4n) is 1.42. The number of carbonyl (C=O) groups excluding carboxylic acids is 1. The minimum atomic E-state index is -0.710. The molecule has 0 unspecified atom stereocenters. The van der Waals surface area contributed by atoms with Crippen molar-refractivity contribution in [2.24, 2.45) is 17.2 Å². The molecule has 0 aliphatic carbocycles. The number of benzene rings is 1. The van der Waals surface area contributed by atoms with Crippen molar-refractivity contribution in [2.45, 2.75) is 6.42 Å². The second kappa shape index (κ2) is 7.65. The van der Waals surface area contributed by atoms with E-state index in [4.69, 9.17) is 17.2 Å². The van der Waals surface area contributed by atoms with Crippen LogP contribution in [-0.4, -0.2) is 12.6 Å². The van der Waals surface area contributed by atoms with E-state index in [9.17, 15) is 4.79 Å². The van der Waals surface area contributed by atoms with E-state index in [-0.39, 0.29) is 5.82 Å². The number of nitrogens with one attached hydrogen (secondary N) is 2. The number of carbonyl (C=O) groups is 1. The minimum Gasteiger partial charge on any atom is -0.386 e. The summed E-state index contributed by atoms with van der Waals surface area (Å²) in [7, 11) is 0. The molecule has 0 radical (unpaired) electrons. The first-order chi connectivity index (χ1) is 9.08. The number of urea groups is 1. The number of rotatable bonds is 6. The summed E-state index contributed by atoms with van der Waals surface area (Å²) in [6.07, 6.45) is 3.90. The van der Waals surface area contributed by atoms with Crippen molar-refractivity contribution in [3.8, 4) is 0 Å². The molecule has 19 heavy (non-hydrogen) atoms. The predicted octanol–water partition coefficient (Wildman–Crippen LogP) is 0.0872. The third kappa shape index (κ3) is 6.62. The topological polar surface area (TPSA) is 119 Å². The van der Waals surface area contributed by atoms with Crippen LogP contribution in [0.1, 0.15) is 5.56 Å². The molecule has 0 fully saturated rings. The normalized spacial score (nSPS) is 12.0. The molecule has 6 nitrogen and oxygen atoms in total. The molecule has 0 heterocycles. The van der Waals surface area contributed by atoms with E-state index in [2.05, 4.69) is 22.8 Å². The number of allylic oxidation sites excluding steroid dienone is 2. The second-order valence-corrected chi connectivity index (χ2v) is 3.90. The summed E-state index contributed by atoms with van der Waals surface area (Å²) in [5.41, 5.74) is 17.3. The van der Waals surface area contributed by atoms with Crippen LogP contribution in [0.5, 0.6) is 0 Å².